The van der Waals surface area contributed by atoms with Crippen LogP contribution >= 0.6 is 22.6 Å². The zero-order valence-electron chi connectivity index (χ0n) is 8.46. The van der Waals surface area contributed by atoms with E-state index in [1.807, 2.05) is 0 Å². The van der Waals surface area contributed by atoms with E-state index in [4.69, 9.17) is 0 Å². The Kier molecular flexibility index (Phi) is 3.27. The molecule has 0 unspecified atom stereocenters. The summed E-state index contributed by atoms with van der Waals surface area (Å²) in [7, 11) is 0. The maximum absolute atomic E-state index is 9.38. The molecule has 0 aliphatic carbocycles. The summed E-state index contributed by atoms with van der Waals surface area (Å²) in [6.45, 7) is 1.89. The molecule has 78 valence electrons. The quantitative estimate of drug-likeness (QED) is 0.809. The van der Waals surface area contributed by atoms with E-state index in [0.717, 1.165) is 25.9 Å². The molecule has 2 nitrogen and oxygen atoms in total. The molecule has 0 bridgehead atoms. The molecule has 0 radical (unpaired) electrons. The second kappa shape index (κ2) is 4.50. The van der Waals surface area contributed by atoms with Gasteiger partial charge in [0, 0.05) is 3.57 Å². The monoisotopic (exact) mass is 312 g/mol. The van der Waals surface area contributed by atoms with Crippen molar-refractivity contribution in [2.45, 2.75) is 18.3 Å². The highest BCUT2D eigenvalue weighted by molar-refractivity contribution is 14.1. The van der Waals surface area contributed by atoms with E-state index in [2.05, 4.69) is 58.2 Å². The second-order valence-corrected chi connectivity index (χ2v) is 5.20. The minimum absolute atomic E-state index is 0.254. The summed E-state index contributed by atoms with van der Waals surface area (Å²) in [5, 5.41) is 12.7. The summed E-state index contributed by atoms with van der Waals surface area (Å²) < 4.78 is 1.22. The van der Waals surface area contributed by atoms with E-state index in [1.54, 1.807) is 0 Å². The number of piperidine rings is 1. The molecule has 0 saturated carbocycles. The van der Waals surface area contributed by atoms with E-state index in [1.165, 1.54) is 9.13 Å². The summed E-state index contributed by atoms with van der Waals surface area (Å²) >= 11 is 2.29. The fourth-order valence-corrected chi connectivity index (χ4v) is 2.45. The first-order valence-corrected chi connectivity index (χ1v) is 6.23. The molecule has 1 heterocycles. The highest BCUT2D eigenvalue weighted by Gasteiger charge is 2.33. The normalized spacial score (nSPS) is 19.5. The highest BCUT2D eigenvalue weighted by atomic mass is 127. The number of hydrogen-bond donors (Lipinski definition) is 1. The average Bonchev–Trinajstić information content (AvgIpc) is 2.31. The first kappa shape index (κ1) is 10.9. The number of rotatable bonds is 1. The predicted octanol–water partition coefficient (Wildman–Crippen LogP) is 2.44. The third-order valence-electron chi connectivity index (χ3n) is 3.07. The molecule has 1 aliphatic heterocycles. The van der Waals surface area contributed by atoms with Crippen molar-refractivity contribution >= 4 is 22.6 Å². The Balaban J connectivity index is 2.33. The van der Waals surface area contributed by atoms with Gasteiger partial charge >= 0.3 is 0 Å². The Hall–Kier alpha value is -0.600. The molecule has 1 fully saturated rings. The zero-order valence-corrected chi connectivity index (χ0v) is 10.6. The van der Waals surface area contributed by atoms with Crippen LogP contribution in [0.15, 0.2) is 24.3 Å². The molecule has 1 saturated heterocycles. The fraction of sp³-hybridized carbons (Fsp3) is 0.417. The number of nitrogens with one attached hydrogen (secondary N) is 1. The first-order valence-electron chi connectivity index (χ1n) is 5.15. The van der Waals surface area contributed by atoms with Gasteiger partial charge < -0.3 is 5.32 Å². The Labute approximate surface area is 104 Å². The molecule has 1 aliphatic rings. The van der Waals surface area contributed by atoms with Crippen LogP contribution in [-0.2, 0) is 5.41 Å². The van der Waals surface area contributed by atoms with Crippen LogP contribution < -0.4 is 5.32 Å². The lowest BCUT2D eigenvalue weighted by atomic mass is 9.74. The molecule has 2 rings (SSSR count). The van der Waals surface area contributed by atoms with E-state index >= 15 is 0 Å². The number of halogens is 1. The lowest BCUT2D eigenvalue weighted by Crippen LogP contribution is -2.38. The Morgan fingerprint density at radius 1 is 1.20 bits per heavy atom. The van der Waals surface area contributed by atoms with Gasteiger partial charge in [0.1, 0.15) is 0 Å². The van der Waals surface area contributed by atoms with Crippen LogP contribution in [0.5, 0.6) is 0 Å². The van der Waals surface area contributed by atoms with Gasteiger partial charge in [-0.1, -0.05) is 12.1 Å². The van der Waals surface area contributed by atoms with Gasteiger partial charge in [0.2, 0.25) is 0 Å². The lowest BCUT2D eigenvalue weighted by molar-refractivity contribution is 0.382. The summed E-state index contributed by atoms with van der Waals surface area (Å²) in [6.07, 6.45) is 1.84. The lowest BCUT2D eigenvalue weighted by Gasteiger charge is -2.31. The van der Waals surface area contributed by atoms with Gasteiger partial charge in [0.15, 0.2) is 0 Å². The molecule has 1 aromatic carbocycles. The van der Waals surface area contributed by atoms with Crippen molar-refractivity contribution in [1.82, 2.24) is 5.32 Å². The smallest absolute Gasteiger partial charge is 0.0846 e. The van der Waals surface area contributed by atoms with Crippen molar-refractivity contribution in [3.05, 3.63) is 33.4 Å². The number of hydrogen-bond acceptors (Lipinski definition) is 2. The molecular weight excluding hydrogens is 299 g/mol. The van der Waals surface area contributed by atoms with Crippen molar-refractivity contribution in [2.75, 3.05) is 13.1 Å². The van der Waals surface area contributed by atoms with Crippen molar-refractivity contribution in [3.8, 4) is 6.07 Å². The Morgan fingerprint density at radius 3 is 2.33 bits per heavy atom. The predicted molar refractivity (Wildman–Crippen MR) is 68.6 cm³/mol. The molecule has 0 spiro atoms. The number of benzene rings is 1. The molecule has 1 N–H and O–H groups in total. The minimum Gasteiger partial charge on any atom is -0.317 e. The van der Waals surface area contributed by atoms with Crippen LogP contribution in [0.1, 0.15) is 18.4 Å². The standard InChI is InChI=1S/C12H13IN2/c13-11-3-1-10(2-4-11)12(9-14)5-7-15-8-6-12/h1-4,15H,5-8H2. The summed E-state index contributed by atoms with van der Waals surface area (Å²) in [5.41, 5.74) is 0.919. The van der Waals surface area contributed by atoms with Gasteiger partial charge in [0.25, 0.3) is 0 Å². The largest absolute Gasteiger partial charge is 0.317 e. The van der Waals surface area contributed by atoms with Gasteiger partial charge in [0.05, 0.1) is 11.5 Å². The fourth-order valence-electron chi connectivity index (χ4n) is 2.09. The van der Waals surface area contributed by atoms with E-state index < -0.39 is 0 Å². The Bertz CT molecular complexity index is 372. The SMILES string of the molecule is N#CC1(c2ccc(I)cc2)CCNCC1. The van der Waals surface area contributed by atoms with Crippen LogP contribution in [0.2, 0.25) is 0 Å². The second-order valence-electron chi connectivity index (χ2n) is 3.95. The van der Waals surface area contributed by atoms with Gasteiger partial charge in [-0.3, -0.25) is 0 Å². The van der Waals surface area contributed by atoms with Crippen molar-refractivity contribution in [3.63, 3.8) is 0 Å². The van der Waals surface area contributed by atoms with Gasteiger partial charge in [-0.25, -0.2) is 0 Å². The van der Waals surface area contributed by atoms with Crippen LogP contribution in [0, 0.1) is 14.9 Å². The topological polar surface area (TPSA) is 35.8 Å². The van der Waals surface area contributed by atoms with Crippen LogP contribution in [0.25, 0.3) is 0 Å². The van der Waals surface area contributed by atoms with Gasteiger partial charge in [-0.05, 0) is 66.2 Å². The molecule has 0 amide bonds. The minimum atomic E-state index is -0.254. The summed E-state index contributed by atoms with van der Waals surface area (Å²) in [4.78, 5) is 0. The van der Waals surface area contributed by atoms with Gasteiger partial charge in [-0.15, -0.1) is 0 Å². The molecule has 1 aromatic rings. The van der Waals surface area contributed by atoms with E-state index in [9.17, 15) is 5.26 Å². The first-order chi connectivity index (χ1) is 7.27. The maximum Gasteiger partial charge on any atom is 0.0846 e. The molecular formula is C12H13IN2. The summed E-state index contributed by atoms with van der Waals surface area (Å²) in [5.74, 6) is 0. The molecule has 3 heteroatoms. The van der Waals surface area contributed by atoms with Crippen LogP contribution in [0.4, 0.5) is 0 Å². The molecule has 15 heavy (non-hydrogen) atoms. The third kappa shape index (κ3) is 2.16. The highest BCUT2D eigenvalue weighted by Crippen LogP contribution is 2.32. The number of nitrogens with zero attached hydrogens (tertiary/aromatic N) is 1. The molecule has 0 atom stereocenters. The molecule has 0 aromatic heterocycles. The summed E-state index contributed by atoms with van der Waals surface area (Å²) in [6, 6.07) is 10.9. The van der Waals surface area contributed by atoms with Gasteiger partial charge in [-0.2, -0.15) is 5.26 Å². The van der Waals surface area contributed by atoms with Crippen molar-refractivity contribution in [2.24, 2.45) is 0 Å². The van der Waals surface area contributed by atoms with Crippen molar-refractivity contribution < 1.29 is 0 Å². The zero-order chi connectivity index (χ0) is 10.7. The average molecular weight is 312 g/mol. The van der Waals surface area contributed by atoms with Crippen LogP contribution in [0.3, 0.4) is 0 Å². The van der Waals surface area contributed by atoms with E-state index in [-0.39, 0.29) is 5.41 Å². The van der Waals surface area contributed by atoms with Crippen molar-refractivity contribution in [1.29, 1.82) is 5.26 Å². The third-order valence-corrected chi connectivity index (χ3v) is 3.79. The number of nitriles is 1. The van der Waals surface area contributed by atoms with Crippen LogP contribution in [-0.4, -0.2) is 13.1 Å². The Morgan fingerprint density at radius 2 is 1.80 bits per heavy atom. The van der Waals surface area contributed by atoms with E-state index in [0.29, 0.717) is 0 Å². The maximum atomic E-state index is 9.38.